The maximum absolute atomic E-state index is 8.63. The smallest absolute Gasteiger partial charge is 0.117 e. The van der Waals surface area contributed by atoms with E-state index in [-0.39, 0.29) is 6.61 Å². The molecule has 0 fully saturated rings. The van der Waals surface area contributed by atoms with Crippen LogP contribution in [0, 0.1) is 0 Å². The van der Waals surface area contributed by atoms with Crippen molar-refractivity contribution in [1.29, 1.82) is 0 Å². The van der Waals surface area contributed by atoms with Crippen molar-refractivity contribution >= 4 is 0 Å². The Hall–Kier alpha value is -0.500. The highest BCUT2D eigenvalue weighted by Crippen LogP contribution is 1.97. The second kappa shape index (κ2) is 6.62. The maximum Gasteiger partial charge on any atom is 0.117 e. The minimum absolute atomic E-state index is 0.0141. The molecule has 0 aliphatic heterocycles. The van der Waals surface area contributed by atoms with E-state index < -0.39 is 0 Å². The van der Waals surface area contributed by atoms with Crippen LogP contribution < -0.4 is 0 Å². The second-order valence-corrected chi connectivity index (χ2v) is 2.12. The van der Waals surface area contributed by atoms with Crippen molar-refractivity contribution in [3.05, 3.63) is 11.8 Å². The third kappa shape index (κ3) is 4.39. The van der Waals surface area contributed by atoms with Gasteiger partial charge in [-0.3, -0.25) is 0 Å². The van der Waals surface area contributed by atoms with E-state index in [0.717, 1.165) is 19.4 Å². The summed E-state index contributed by atoms with van der Waals surface area (Å²) in [5, 5.41) is 8.63. The third-order valence-electron chi connectivity index (χ3n) is 1.26. The number of aliphatic hydroxyl groups is 1. The molecule has 0 bridgehead atoms. The number of hydrogen-bond donors (Lipinski definition) is 1. The summed E-state index contributed by atoms with van der Waals surface area (Å²) in [6.07, 6.45) is 3.97. The van der Waals surface area contributed by atoms with Gasteiger partial charge < -0.3 is 9.84 Å². The average molecular weight is 144 g/mol. The minimum atomic E-state index is 0.0141. The lowest BCUT2D eigenvalue weighted by atomic mass is 10.4. The largest absolute Gasteiger partial charge is 0.496 e. The van der Waals surface area contributed by atoms with Crippen LogP contribution in [-0.4, -0.2) is 18.3 Å². The third-order valence-corrected chi connectivity index (χ3v) is 1.26. The van der Waals surface area contributed by atoms with Crippen LogP contribution in [0.3, 0.4) is 0 Å². The van der Waals surface area contributed by atoms with E-state index in [4.69, 9.17) is 9.84 Å². The van der Waals surface area contributed by atoms with Gasteiger partial charge in [-0.2, -0.15) is 0 Å². The summed E-state index contributed by atoms with van der Waals surface area (Å²) in [5.74, 6) is 0.674. The number of unbranched alkanes of at least 4 members (excludes halogenated alkanes) is 1. The van der Waals surface area contributed by atoms with Crippen molar-refractivity contribution < 1.29 is 9.84 Å². The molecule has 0 aliphatic rings. The predicted molar refractivity (Wildman–Crippen MR) is 41.7 cm³/mol. The molecular formula is C8H16O2. The summed E-state index contributed by atoms with van der Waals surface area (Å²) in [4.78, 5) is 0. The lowest BCUT2D eigenvalue weighted by Gasteiger charge is -2.05. The van der Waals surface area contributed by atoms with Crippen LogP contribution in [0.1, 0.15) is 26.7 Å². The van der Waals surface area contributed by atoms with Crippen LogP contribution in [0.2, 0.25) is 0 Å². The van der Waals surface area contributed by atoms with Gasteiger partial charge in [-0.15, -0.1) is 0 Å². The zero-order valence-electron chi connectivity index (χ0n) is 6.76. The van der Waals surface area contributed by atoms with Crippen LogP contribution in [0.25, 0.3) is 0 Å². The van der Waals surface area contributed by atoms with E-state index in [0.29, 0.717) is 5.76 Å². The van der Waals surface area contributed by atoms with Crippen molar-refractivity contribution in [1.82, 2.24) is 0 Å². The monoisotopic (exact) mass is 144 g/mol. The highest BCUT2D eigenvalue weighted by atomic mass is 16.5. The van der Waals surface area contributed by atoms with Crippen LogP contribution in [0.4, 0.5) is 0 Å². The molecule has 0 radical (unpaired) electrons. The molecule has 1 N–H and O–H groups in total. The molecule has 2 heteroatoms. The van der Waals surface area contributed by atoms with E-state index in [1.54, 1.807) is 6.08 Å². The zero-order valence-corrected chi connectivity index (χ0v) is 6.76. The fourth-order valence-corrected chi connectivity index (χ4v) is 0.568. The molecule has 0 atom stereocenters. The Morgan fingerprint density at radius 1 is 1.60 bits per heavy atom. The molecule has 0 saturated heterocycles. The molecule has 10 heavy (non-hydrogen) atoms. The predicted octanol–water partition coefficient (Wildman–Crippen LogP) is 1.70. The van der Waals surface area contributed by atoms with Crippen molar-refractivity contribution in [2.24, 2.45) is 0 Å². The van der Waals surface area contributed by atoms with Gasteiger partial charge in [0, 0.05) is 0 Å². The zero-order chi connectivity index (χ0) is 7.82. The van der Waals surface area contributed by atoms with E-state index >= 15 is 0 Å². The van der Waals surface area contributed by atoms with Gasteiger partial charge in [0.15, 0.2) is 0 Å². The Morgan fingerprint density at radius 2 is 2.30 bits per heavy atom. The van der Waals surface area contributed by atoms with Crippen molar-refractivity contribution in [2.45, 2.75) is 26.7 Å². The van der Waals surface area contributed by atoms with Gasteiger partial charge in [0.1, 0.15) is 12.4 Å². The molecule has 0 rings (SSSR count). The van der Waals surface area contributed by atoms with Crippen molar-refractivity contribution in [2.75, 3.05) is 13.2 Å². The van der Waals surface area contributed by atoms with Gasteiger partial charge in [0.2, 0.25) is 0 Å². The first kappa shape index (κ1) is 9.50. The topological polar surface area (TPSA) is 29.5 Å². The van der Waals surface area contributed by atoms with Gasteiger partial charge in [-0.05, 0) is 19.4 Å². The Bertz CT molecular complexity index is 97.4. The first-order chi connectivity index (χ1) is 4.85. The summed E-state index contributed by atoms with van der Waals surface area (Å²) in [7, 11) is 0. The van der Waals surface area contributed by atoms with Crippen LogP contribution in [0.5, 0.6) is 0 Å². The van der Waals surface area contributed by atoms with Crippen molar-refractivity contribution in [3.8, 4) is 0 Å². The molecule has 0 aliphatic carbocycles. The number of hydrogen-bond acceptors (Lipinski definition) is 2. The standard InChI is InChI=1S/C8H16O2/c1-3-5-6-10-8(4-2)7-9/h4,9H,3,5-7H2,1-2H3/b8-4-. The SMILES string of the molecule is C/C=C(/CO)OCCCC. The number of ether oxygens (including phenoxy) is 1. The summed E-state index contributed by atoms with van der Waals surface area (Å²) < 4.78 is 5.19. The van der Waals surface area contributed by atoms with E-state index in [1.165, 1.54) is 0 Å². The quantitative estimate of drug-likeness (QED) is 0.470. The Labute approximate surface area is 62.5 Å². The Balaban J connectivity index is 3.27. The van der Waals surface area contributed by atoms with Gasteiger partial charge in [0.05, 0.1) is 6.61 Å². The highest BCUT2D eigenvalue weighted by molar-refractivity contribution is 4.89. The number of rotatable bonds is 5. The number of aliphatic hydroxyl groups excluding tert-OH is 1. The van der Waals surface area contributed by atoms with Crippen molar-refractivity contribution in [3.63, 3.8) is 0 Å². The maximum atomic E-state index is 8.63. The highest BCUT2D eigenvalue weighted by Gasteiger charge is 1.91. The van der Waals surface area contributed by atoms with Gasteiger partial charge in [0.25, 0.3) is 0 Å². The summed E-state index contributed by atoms with van der Waals surface area (Å²) >= 11 is 0. The second-order valence-electron chi connectivity index (χ2n) is 2.12. The van der Waals surface area contributed by atoms with Crippen LogP contribution in [-0.2, 0) is 4.74 Å². The number of allylic oxidation sites excluding steroid dienone is 1. The molecule has 0 saturated carbocycles. The fourth-order valence-electron chi connectivity index (χ4n) is 0.568. The molecular weight excluding hydrogens is 128 g/mol. The average Bonchev–Trinajstić information content (AvgIpc) is 1.99. The molecule has 0 amide bonds. The fraction of sp³-hybridized carbons (Fsp3) is 0.750. The Morgan fingerprint density at radius 3 is 2.70 bits per heavy atom. The lowest BCUT2D eigenvalue weighted by Crippen LogP contribution is -1.98. The lowest BCUT2D eigenvalue weighted by molar-refractivity contribution is 0.157. The molecule has 0 unspecified atom stereocenters. The van der Waals surface area contributed by atoms with E-state index in [2.05, 4.69) is 6.92 Å². The van der Waals surface area contributed by atoms with E-state index in [1.807, 2.05) is 6.92 Å². The molecule has 60 valence electrons. The van der Waals surface area contributed by atoms with E-state index in [9.17, 15) is 0 Å². The Kier molecular flexibility index (Phi) is 6.29. The molecule has 0 heterocycles. The summed E-state index contributed by atoms with van der Waals surface area (Å²) in [5.41, 5.74) is 0. The minimum Gasteiger partial charge on any atom is -0.496 e. The first-order valence-electron chi connectivity index (χ1n) is 3.74. The van der Waals surface area contributed by atoms with Crippen LogP contribution >= 0.6 is 0 Å². The molecule has 2 nitrogen and oxygen atoms in total. The first-order valence-corrected chi connectivity index (χ1v) is 3.74. The molecule has 0 aromatic carbocycles. The summed E-state index contributed by atoms with van der Waals surface area (Å²) in [6.45, 7) is 4.70. The molecule has 0 spiro atoms. The molecule has 0 aromatic rings. The van der Waals surface area contributed by atoms with Gasteiger partial charge in [-0.1, -0.05) is 13.3 Å². The van der Waals surface area contributed by atoms with Crippen LogP contribution in [0.15, 0.2) is 11.8 Å². The van der Waals surface area contributed by atoms with Gasteiger partial charge in [-0.25, -0.2) is 0 Å². The van der Waals surface area contributed by atoms with Gasteiger partial charge >= 0.3 is 0 Å². The normalized spacial score (nSPS) is 11.7. The molecule has 0 aromatic heterocycles. The summed E-state index contributed by atoms with van der Waals surface area (Å²) in [6, 6.07) is 0.